The Balaban J connectivity index is 0.000000443. The molecule has 3 saturated heterocycles. The molecule has 6 rings (SSSR count). The lowest BCUT2D eigenvalue weighted by molar-refractivity contribution is -0.141. The van der Waals surface area contributed by atoms with E-state index in [-0.39, 0.29) is 54.4 Å². The molecule has 0 aliphatic carbocycles. The largest absolute Gasteiger partial charge is 0.508 e. The second kappa shape index (κ2) is 28.8. The Kier molecular flexibility index (Phi) is 23.0. The monoisotopic (exact) mass is 1050 g/mol. The number of aliphatic imine (C=N–C) groups is 1. The molecular weight excluding hydrogens is 965 g/mol. The number of phenols is 1. The maximum atomic E-state index is 14.0. The topological polar surface area (TPSA) is 188 Å². The van der Waals surface area contributed by atoms with Crippen LogP contribution in [0.5, 0.6) is 5.75 Å². The number of phenolic OH excluding ortho intramolecular Hbond substituents is 1. The maximum absolute atomic E-state index is 14.0. The number of amides is 3. The number of aromatic nitrogens is 1. The minimum Gasteiger partial charge on any atom is -0.508 e. The molecule has 3 fully saturated rings. The van der Waals surface area contributed by atoms with Gasteiger partial charge in [-0.05, 0) is 132 Å². The molecule has 0 bridgehead atoms. The normalized spacial score (nSPS) is 19.6. The Bertz CT molecular complexity index is 2590. The molecule has 1 aromatic heterocycles. The number of benzene rings is 2. The van der Waals surface area contributed by atoms with Crippen molar-refractivity contribution >= 4 is 53.7 Å². The van der Waals surface area contributed by atoms with Crippen LogP contribution < -0.4 is 10.7 Å². The minimum absolute atomic E-state index is 0.0139. The molecule has 3 aliphatic rings. The predicted octanol–water partition coefficient (Wildman–Crippen LogP) is 6.30. The van der Waals surface area contributed by atoms with Crippen LogP contribution in [0.25, 0.3) is 28.1 Å². The molecule has 3 amide bonds. The molecule has 4 heterocycles. The lowest BCUT2D eigenvalue weighted by atomic mass is 9.85. The van der Waals surface area contributed by atoms with Crippen LogP contribution >= 0.6 is 0 Å². The average Bonchev–Trinajstić information content (AvgIpc) is 4.00. The van der Waals surface area contributed by atoms with Crippen molar-refractivity contribution in [2.24, 2.45) is 22.2 Å². The van der Waals surface area contributed by atoms with Gasteiger partial charge in [0.1, 0.15) is 18.1 Å². The molecular formula is C59H84N8O9. The Hall–Kier alpha value is -6.16. The number of morpholine rings is 1. The molecule has 17 heteroatoms. The third-order valence-corrected chi connectivity index (χ3v) is 14.3. The van der Waals surface area contributed by atoms with Crippen LogP contribution in [0.2, 0.25) is 0 Å². The summed E-state index contributed by atoms with van der Waals surface area (Å²) in [6.45, 7) is 26.0. The first kappa shape index (κ1) is 60.7. The molecule has 0 spiro atoms. The number of ether oxygens (including phenoxy) is 3. The van der Waals surface area contributed by atoms with Crippen molar-refractivity contribution < 1.29 is 43.3 Å². The summed E-state index contributed by atoms with van der Waals surface area (Å²) in [5.41, 5.74) is 8.91. The van der Waals surface area contributed by atoms with Crippen molar-refractivity contribution in [3.05, 3.63) is 71.6 Å². The quantitative estimate of drug-likeness (QED) is 0.0616. The summed E-state index contributed by atoms with van der Waals surface area (Å²) in [6.07, 6.45) is 9.35. The fourth-order valence-corrected chi connectivity index (χ4v) is 10.3. The van der Waals surface area contributed by atoms with Gasteiger partial charge >= 0.3 is 0 Å². The SMILES string of the molecule is C=CC=N/C(=C/c1c(CC(C)(C)COC=O)c2cc(-c3cc(O)cc(CC(NC(=O)C(C(C)C)N(C)C)C(=O)N4CCCCN4)c3)ccc2n1CC)C(C)OC.CC1COCC(C)N1CC#CC(=O)N1CCC(C=O)C1. The smallest absolute Gasteiger partial charge is 0.298 e. The van der Waals surface area contributed by atoms with Gasteiger partial charge in [0.25, 0.3) is 18.3 Å². The zero-order valence-electron chi connectivity index (χ0n) is 46.9. The molecule has 3 N–H and O–H groups in total. The molecule has 6 unspecified atom stereocenters. The highest BCUT2D eigenvalue weighted by molar-refractivity contribution is 5.94. The number of aldehydes is 1. The van der Waals surface area contributed by atoms with E-state index in [1.54, 1.807) is 41.4 Å². The van der Waals surface area contributed by atoms with Gasteiger partial charge < -0.3 is 38.9 Å². The van der Waals surface area contributed by atoms with Gasteiger partial charge in [-0.25, -0.2) is 5.43 Å². The minimum atomic E-state index is -0.853. The van der Waals surface area contributed by atoms with Crippen LogP contribution in [-0.4, -0.2) is 170 Å². The van der Waals surface area contributed by atoms with Crippen molar-refractivity contribution in [2.45, 2.75) is 124 Å². The maximum Gasteiger partial charge on any atom is 0.298 e. The second-order valence-corrected chi connectivity index (χ2v) is 21.6. The van der Waals surface area contributed by atoms with Gasteiger partial charge in [-0.1, -0.05) is 58.4 Å². The number of carbonyl (C=O) groups excluding carboxylic acids is 5. The van der Waals surface area contributed by atoms with Crippen LogP contribution in [0.15, 0.2) is 59.7 Å². The van der Waals surface area contributed by atoms with E-state index >= 15 is 0 Å². The highest BCUT2D eigenvalue weighted by Gasteiger charge is 2.33. The number of likely N-dealkylation sites (N-methyl/N-ethyl adjacent to an activating group) is 1. The lowest BCUT2D eigenvalue weighted by Gasteiger charge is -2.37. The first-order valence-electron chi connectivity index (χ1n) is 26.8. The highest BCUT2D eigenvalue weighted by atomic mass is 16.5. The zero-order chi connectivity index (χ0) is 55.7. The molecule has 3 aromatic rings. The van der Waals surface area contributed by atoms with Crippen molar-refractivity contribution in [3.63, 3.8) is 0 Å². The van der Waals surface area contributed by atoms with Crippen LogP contribution in [0.1, 0.15) is 91.5 Å². The Morgan fingerprint density at radius 1 is 1.05 bits per heavy atom. The third-order valence-electron chi connectivity index (χ3n) is 14.3. The molecule has 2 aromatic carbocycles. The number of likely N-dealkylation sites (tertiary alicyclic amines) is 1. The summed E-state index contributed by atoms with van der Waals surface area (Å²) < 4.78 is 18.7. The number of fused-ring (bicyclic) bond motifs is 1. The molecule has 17 nitrogen and oxygen atoms in total. The van der Waals surface area contributed by atoms with Crippen molar-refractivity contribution in [1.29, 1.82) is 0 Å². The van der Waals surface area contributed by atoms with Gasteiger partial charge in [-0.2, -0.15) is 0 Å². The number of methoxy groups -OCH3 is 1. The third kappa shape index (κ3) is 16.4. The van der Waals surface area contributed by atoms with Crippen LogP contribution in [0.3, 0.4) is 0 Å². The van der Waals surface area contributed by atoms with Gasteiger partial charge in [-0.15, -0.1) is 0 Å². The van der Waals surface area contributed by atoms with E-state index in [9.17, 15) is 29.1 Å². The summed E-state index contributed by atoms with van der Waals surface area (Å²) in [6, 6.07) is 11.0. The molecule has 76 heavy (non-hydrogen) atoms. The van der Waals surface area contributed by atoms with E-state index in [0.717, 1.165) is 64.5 Å². The van der Waals surface area contributed by atoms with E-state index in [1.165, 1.54) is 0 Å². The standard InChI is InChI=1S/C44H62N6O6.C15H22N2O3/c1-11-17-45-37(30(5)55-10)25-40-36(26-44(6,7)27-56-28-51)35-24-32(15-16-39(35)49(40)12-2)33-20-31(21-34(52)23-33)22-38(43(54)50-19-14-13-18-46-50)47-42(53)41(29(3)4)48(8)9;1-12-10-20-11-13(2)17(12)6-3-4-15(19)16-7-5-14(8-16)9-18/h11,15-17,20-21,23-25,28-30,38,41,46,52H,1,12-14,18-19,22,26-27H2,2-10H3,(H,47,53);9,12-14H,5-8,10-11H2,1-2H3/b37-25+,45-17?;. The summed E-state index contributed by atoms with van der Waals surface area (Å²) in [4.78, 5) is 71.9. The van der Waals surface area contributed by atoms with E-state index in [0.29, 0.717) is 83.0 Å². The summed E-state index contributed by atoms with van der Waals surface area (Å²) >= 11 is 0. The van der Waals surface area contributed by atoms with Crippen LogP contribution in [0, 0.1) is 29.1 Å². The number of nitrogens with zero attached hydrogens (tertiary/aromatic N) is 6. The average molecular weight is 1050 g/mol. The van der Waals surface area contributed by atoms with E-state index in [4.69, 9.17) is 14.2 Å². The number of nitrogens with one attached hydrogen (secondary N) is 2. The van der Waals surface area contributed by atoms with E-state index in [2.05, 4.69) is 96.4 Å². The number of rotatable bonds is 21. The fourth-order valence-electron chi connectivity index (χ4n) is 10.3. The zero-order valence-corrected chi connectivity index (χ0v) is 46.9. The van der Waals surface area contributed by atoms with Crippen molar-refractivity contribution in [1.82, 2.24) is 35.0 Å². The summed E-state index contributed by atoms with van der Waals surface area (Å²) in [7, 11) is 5.37. The predicted molar refractivity (Wildman–Crippen MR) is 299 cm³/mol. The first-order valence-corrected chi connectivity index (χ1v) is 26.8. The molecule has 0 radical (unpaired) electrons. The first-order chi connectivity index (χ1) is 36.2. The van der Waals surface area contributed by atoms with Crippen molar-refractivity contribution in [3.8, 4) is 28.7 Å². The summed E-state index contributed by atoms with van der Waals surface area (Å²) in [5, 5.41) is 16.8. The van der Waals surface area contributed by atoms with Gasteiger partial charge in [-0.3, -0.25) is 39.0 Å². The van der Waals surface area contributed by atoms with Crippen LogP contribution in [-0.2, 0) is 57.6 Å². The summed E-state index contributed by atoms with van der Waals surface area (Å²) in [5.74, 6) is 5.14. The number of carbonyl (C=O) groups is 5. The number of hydrogen-bond acceptors (Lipinski definition) is 13. The number of aryl methyl sites for hydroxylation is 1. The molecule has 3 aliphatic heterocycles. The molecule has 0 saturated carbocycles. The number of hydrazine groups is 1. The van der Waals surface area contributed by atoms with Gasteiger partial charge in [0.2, 0.25) is 5.91 Å². The molecule has 414 valence electrons. The number of allylic oxidation sites excluding steroid dienone is 1. The van der Waals surface area contributed by atoms with Crippen molar-refractivity contribution in [2.75, 3.05) is 73.7 Å². The molecule has 6 atom stereocenters. The fraction of sp³-hybridized carbons (Fsp3) is 0.559. The Morgan fingerprint density at radius 3 is 2.39 bits per heavy atom. The van der Waals surface area contributed by atoms with Gasteiger partial charge in [0.05, 0.1) is 44.2 Å². The van der Waals surface area contributed by atoms with Gasteiger partial charge in [0, 0.05) is 92.5 Å². The highest BCUT2D eigenvalue weighted by Crippen LogP contribution is 2.38. The second-order valence-electron chi connectivity index (χ2n) is 21.6. The van der Waals surface area contributed by atoms with E-state index in [1.807, 2.05) is 51.9 Å². The Labute approximate surface area is 451 Å². The van der Waals surface area contributed by atoms with Gasteiger partial charge in [0.15, 0.2) is 0 Å². The number of hydrogen-bond donors (Lipinski definition) is 3. The number of aromatic hydroxyl groups is 1. The lowest BCUT2D eigenvalue weighted by Crippen LogP contribution is -2.58. The Morgan fingerprint density at radius 2 is 1.79 bits per heavy atom. The van der Waals surface area contributed by atoms with E-state index < -0.39 is 17.5 Å². The van der Waals surface area contributed by atoms with Crippen LogP contribution in [0.4, 0.5) is 0 Å².